The van der Waals surface area contributed by atoms with Crippen LogP contribution in [0.4, 0.5) is 4.79 Å². The summed E-state index contributed by atoms with van der Waals surface area (Å²) in [6.45, 7) is 2.91. The third kappa shape index (κ3) is 2.81. The number of nitrogens with zero attached hydrogens (tertiary/aromatic N) is 7. The lowest BCUT2D eigenvalue weighted by Crippen LogP contribution is -2.38. The quantitative estimate of drug-likeness (QED) is 0.737. The maximum absolute atomic E-state index is 11.1. The second-order valence-electron chi connectivity index (χ2n) is 6.73. The Hall–Kier alpha value is -3.61. The van der Waals surface area contributed by atoms with Crippen LogP contribution in [0.15, 0.2) is 18.5 Å². The van der Waals surface area contributed by atoms with E-state index in [0.717, 1.165) is 11.3 Å². The Bertz CT molecular complexity index is 1090. The zero-order valence-corrected chi connectivity index (χ0v) is 15.5. The average Bonchev–Trinajstić information content (AvgIpc) is 3.30. The average molecular weight is 381 g/mol. The lowest BCUT2D eigenvalue weighted by molar-refractivity contribution is 0.123. The number of nitriles is 1. The van der Waals surface area contributed by atoms with Gasteiger partial charge in [-0.2, -0.15) is 10.4 Å². The zero-order valence-electron chi connectivity index (χ0n) is 15.5. The second-order valence-corrected chi connectivity index (χ2v) is 6.73. The van der Waals surface area contributed by atoms with Crippen LogP contribution >= 0.6 is 0 Å². The summed E-state index contributed by atoms with van der Waals surface area (Å²) in [5.74, 6) is 0.537. The SMILES string of the molecule is COc1cc(-c2nnn(C3CCN(C(=O)O)CC3)c2C)cn2ncc(C#N)c12. The predicted octanol–water partition coefficient (Wildman–Crippen LogP) is 2.10. The van der Waals surface area contributed by atoms with Crippen molar-refractivity contribution in [2.45, 2.75) is 25.8 Å². The van der Waals surface area contributed by atoms with Crippen molar-refractivity contribution in [2.75, 3.05) is 20.2 Å². The number of hydrogen-bond acceptors (Lipinski definition) is 6. The van der Waals surface area contributed by atoms with Gasteiger partial charge in [0.2, 0.25) is 0 Å². The number of likely N-dealkylation sites (tertiary alicyclic amines) is 1. The number of piperidine rings is 1. The molecular formula is C18H19N7O3. The molecule has 10 heteroatoms. The summed E-state index contributed by atoms with van der Waals surface area (Å²) in [6.07, 6.45) is 3.81. The first-order valence-electron chi connectivity index (χ1n) is 8.89. The zero-order chi connectivity index (χ0) is 19.8. The van der Waals surface area contributed by atoms with Crippen LogP contribution < -0.4 is 4.74 Å². The summed E-state index contributed by atoms with van der Waals surface area (Å²) in [6, 6.07) is 4.05. The molecule has 0 spiro atoms. The van der Waals surface area contributed by atoms with E-state index in [0.29, 0.717) is 48.5 Å². The summed E-state index contributed by atoms with van der Waals surface area (Å²) in [5.41, 5.74) is 3.43. The van der Waals surface area contributed by atoms with Gasteiger partial charge < -0.3 is 14.7 Å². The van der Waals surface area contributed by atoms with Crippen LogP contribution in [0.25, 0.3) is 16.8 Å². The van der Waals surface area contributed by atoms with Gasteiger partial charge in [0.15, 0.2) is 0 Å². The molecule has 0 radical (unpaired) electrons. The molecular weight excluding hydrogens is 362 g/mol. The topological polar surface area (TPSA) is 122 Å². The van der Waals surface area contributed by atoms with Crippen molar-refractivity contribution in [1.82, 2.24) is 29.5 Å². The first-order chi connectivity index (χ1) is 13.5. The molecule has 0 aliphatic carbocycles. The molecule has 1 aliphatic heterocycles. The minimum Gasteiger partial charge on any atom is -0.494 e. The van der Waals surface area contributed by atoms with E-state index in [2.05, 4.69) is 21.5 Å². The van der Waals surface area contributed by atoms with Gasteiger partial charge in [0.25, 0.3) is 0 Å². The number of ether oxygens (including phenoxy) is 1. The Morgan fingerprint density at radius 3 is 2.79 bits per heavy atom. The Labute approximate surface area is 160 Å². The van der Waals surface area contributed by atoms with Crippen molar-refractivity contribution >= 4 is 11.6 Å². The van der Waals surface area contributed by atoms with Crippen molar-refractivity contribution < 1.29 is 14.6 Å². The Balaban J connectivity index is 1.68. The molecule has 4 rings (SSSR count). The predicted molar refractivity (Wildman–Crippen MR) is 98.1 cm³/mol. The highest BCUT2D eigenvalue weighted by Crippen LogP contribution is 2.32. The molecule has 1 N–H and O–H groups in total. The van der Waals surface area contributed by atoms with E-state index in [1.165, 1.54) is 11.1 Å². The normalized spacial score (nSPS) is 15.0. The van der Waals surface area contributed by atoms with E-state index < -0.39 is 6.09 Å². The third-order valence-electron chi connectivity index (χ3n) is 5.20. The molecule has 3 aromatic heterocycles. The monoisotopic (exact) mass is 381 g/mol. The van der Waals surface area contributed by atoms with E-state index >= 15 is 0 Å². The highest BCUT2D eigenvalue weighted by Gasteiger charge is 2.26. The fraction of sp³-hybridized carbons (Fsp3) is 0.389. The molecule has 0 saturated carbocycles. The molecule has 3 aromatic rings. The molecule has 1 aliphatic rings. The molecule has 4 heterocycles. The van der Waals surface area contributed by atoms with Gasteiger partial charge in [-0.3, -0.25) is 0 Å². The van der Waals surface area contributed by atoms with Gasteiger partial charge in [-0.1, -0.05) is 5.21 Å². The molecule has 1 amide bonds. The first kappa shape index (κ1) is 17.8. The molecule has 0 bridgehead atoms. The van der Waals surface area contributed by atoms with Gasteiger partial charge >= 0.3 is 6.09 Å². The van der Waals surface area contributed by atoms with Crippen molar-refractivity contribution in [2.24, 2.45) is 0 Å². The molecule has 10 nitrogen and oxygen atoms in total. The molecule has 0 unspecified atom stereocenters. The number of carboxylic acid groups (broad SMARTS) is 1. The van der Waals surface area contributed by atoms with Crippen LogP contribution in [-0.2, 0) is 0 Å². The summed E-state index contributed by atoms with van der Waals surface area (Å²) >= 11 is 0. The van der Waals surface area contributed by atoms with Crippen LogP contribution in [-0.4, -0.2) is 60.9 Å². The van der Waals surface area contributed by atoms with Crippen LogP contribution in [0.3, 0.4) is 0 Å². The first-order valence-corrected chi connectivity index (χ1v) is 8.89. The maximum atomic E-state index is 11.1. The number of aromatic nitrogens is 5. The van der Waals surface area contributed by atoms with Gasteiger partial charge in [-0.25, -0.2) is 14.0 Å². The van der Waals surface area contributed by atoms with Crippen LogP contribution in [0.5, 0.6) is 5.75 Å². The molecule has 0 aromatic carbocycles. The summed E-state index contributed by atoms with van der Waals surface area (Å²) in [4.78, 5) is 12.5. The fourth-order valence-corrected chi connectivity index (χ4v) is 3.71. The van der Waals surface area contributed by atoms with Crippen LogP contribution in [0.1, 0.15) is 30.1 Å². The van der Waals surface area contributed by atoms with E-state index in [-0.39, 0.29) is 6.04 Å². The molecule has 144 valence electrons. The van der Waals surface area contributed by atoms with E-state index in [1.54, 1.807) is 17.8 Å². The smallest absolute Gasteiger partial charge is 0.407 e. The highest BCUT2D eigenvalue weighted by molar-refractivity contribution is 5.74. The third-order valence-corrected chi connectivity index (χ3v) is 5.20. The van der Waals surface area contributed by atoms with Crippen LogP contribution in [0.2, 0.25) is 0 Å². The largest absolute Gasteiger partial charge is 0.494 e. The lowest BCUT2D eigenvalue weighted by atomic mass is 10.0. The Morgan fingerprint density at radius 1 is 1.39 bits per heavy atom. The number of carbonyl (C=O) groups is 1. The summed E-state index contributed by atoms with van der Waals surface area (Å²) in [5, 5.41) is 31.3. The number of amides is 1. The number of fused-ring (bicyclic) bond motifs is 1. The lowest BCUT2D eigenvalue weighted by Gasteiger charge is -2.30. The number of methoxy groups -OCH3 is 1. The molecule has 28 heavy (non-hydrogen) atoms. The van der Waals surface area contributed by atoms with Gasteiger partial charge in [0.05, 0.1) is 25.0 Å². The Kier molecular flexibility index (Phi) is 4.35. The molecule has 0 atom stereocenters. The van der Waals surface area contributed by atoms with Gasteiger partial charge in [-0.05, 0) is 25.8 Å². The van der Waals surface area contributed by atoms with E-state index in [1.807, 2.05) is 17.7 Å². The second kappa shape index (κ2) is 6.84. The van der Waals surface area contributed by atoms with Gasteiger partial charge in [-0.15, -0.1) is 5.10 Å². The molecule has 1 fully saturated rings. The van der Waals surface area contributed by atoms with Crippen molar-refractivity contribution in [1.29, 1.82) is 5.26 Å². The number of rotatable bonds is 3. The minimum absolute atomic E-state index is 0.109. The van der Waals surface area contributed by atoms with Crippen molar-refractivity contribution in [3.63, 3.8) is 0 Å². The van der Waals surface area contributed by atoms with E-state index in [9.17, 15) is 10.1 Å². The Morgan fingerprint density at radius 2 is 2.14 bits per heavy atom. The number of hydrogen-bond donors (Lipinski definition) is 1. The highest BCUT2D eigenvalue weighted by atomic mass is 16.5. The summed E-state index contributed by atoms with van der Waals surface area (Å²) < 4.78 is 8.94. The van der Waals surface area contributed by atoms with E-state index in [4.69, 9.17) is 9.84 Å². The van der Waals surface area contributed by atoms with Gasteiger partial charge in [0, 0.05) is 24.8 Å². The van der Waals surface area contributed by atoms with Crippen molar-refractivity contribution in [3.05, 3.63) is 29.7 Å². The van der Waals surface area contributed by atoms with Gasteiger partial charge in [0.1, 0.15) is 28.6 Å². The summed E-state index contributed by atoms with van der Waals surface area (Å²) in [7, 11) is 1.55. The van der Waals surface area contributed by atoms with Crippen molar-refractivity contribution in [3.8, 4) is 23.1 Å². The standard InChI is InChI=1S/C18H19N7O3/c1-11-16(21-22-25(11)14-3-5-23(6-4-14)18(26)27)12-7-15(28-2)17-13(8-19)9-20-24(17)10-12/h7,9-10,14H,3-6H2,1-2H3,(H,26,27). The minimum atomic E-state index is -0.884. The number of pyridine rings is 1. The van der Waals surface area contributed by atoms with Crippen LogP contribution in [0, 0.1) is 18.3 Å². The maximum Gasteiger partial charge on any atom is 0.407 e. The fourth-order valence-electron chi connectivity index (χ4n) is 3.71. The molecule has 1 saturated heterocycles.